The van der Waals surface area contributed by atoms with E-state index in [4.69, 9.17) is 9.84 Å². The highest BCUT2D eigenvalue weighted by molar-refractivity contribution is 6.05. The van der Waals surface area contributed by atoms with Gasteiger partial charge in [-0.15, -0.1) is 0 Å². The summed E-state index contributed by atoms with van der Waals surface area (Å²) in [7, 11) is 3.11. The maximum absolute atomic E-state index is 12.3. The molecule has 6 nitrogen and oxygen atoms in total. The number of amides is 1. The number of carbonyl (C=O) groups excluding carboxylic acids is 1. The van der Waals surface area contributed by atoms with Crippen LogP contribution >= 0.6 is 0 Å². The molecule has 1 amide bonds. The Morgan fingerprint density at radius 1 is 1.10 bits per heavy atom. The van der Waals surface area contributed by atoms with E-state index in [1.165, 1.54) is 30.3 Å². The fourth-order valence-electron chi connectivity index (χ4n) is 1.77. The molecule has 0 fully saturated rings. The van der Waals surface area contributed by atoms with Crippen molar-refractivity contribution in [3.8, 4) is 5.88 Å². The molecule has 0 bridgehead atoms. The zero-order valence-electron chi connectivity index (χ0n) is 11.6. The number of carboxylic acid groups (broad SMARTS) is 1. The quantitative estimate of drug-likeness (QED) is 0.930. The van der Waals surface area contributed by atoms with E-state index >= 15 is 0 Å². The van der Waals surface area contributed by atoms with Crippen molar-refractivity contribution in [2.24, 2.45) is 0 Å². The minimum Gasteiger partial charge on any atom is -0.481 e. The highest BCUT2D eigenvalue weighted by Crippen LogP contribution is 2.17. The zero-order chi connectivity index (χ0) is 15.4. The molecule has 0 saturated heterocycles. The lowest BCUT2D eigenvalue weighted by molar-refractivity contribution is 0.0696. The zero-order valence-corrected chi connectivity index (χ0v) is 11.6. The topological polar surface area (TPSA) is 79.7 Å². The van der Waals surface area contributed by atoms with Crippen molar-refractivity contribution in [2.75, 3.05) is 19.1 Å². The Labute approximate surface area is 121 Å². The molecule has 1 N–H and O–H groups in total. The van der Waals surface area contributed by atoms with Crippen molar-refractivity contribution in [3.63, 3.8) is 0 Å². The third-order valence-electron chi connectivity index (χ3n) is 3.00. The summed E-state index contributed by atoms with van der Waals surface area (Å²) in [5.74, 6) is -0.817. The first-order valence-corrected chi connectivity index (χ1v) is 6.14. The first-order valence-electron chi connectivity index (χ1n) is 6.14. The van der Waals surface area contributed by atoms with Crippen molar-refractivity contribution in [1.29, 1.82) is 0 Å². The van der Waals surface area contributed by atoms with Crippen LogP contribution in [0.3, 0.4) is 0 Å². The van der Waals surface area contributed by atoms with Gasteiger partial charge in [0.15, 0.2) is 0 Å². The molecular formula is C15H14N2O4. The van der Waals surface area contributed by atoms with Gasteiger partial charge in [0, 0.05) is 25.0 Å². The second kappa shape index (κ2) is 6.04. The monoisotopic (exact) mass is 286 g/mol. The molecule has 2 rings (SSSR count). The highest BCUT2D eigenvalue weighted by Gasteiger charge is 2.14. The SMILES string of the molecule is COc1ccc(C(=O)N(C)c2ccc(C(=O)O)cc2)cn1. The van der Waals surface area contributed by atoms with E-state index in [2.05, 4.69) is 4.98 Å². The predicted molar refractivity (Wildman–Crippen MR) is 76.9 cm³/mol. The van der Waals surface area contributed by atoms with Gasteiger partial charge in [-0.05, 0) is 30.3 Å². The van der Waals surface area contributed by atoms with Gasteiger partial charge in [-0.1, -0.05) is 0 Å². The van der Waals surface area contributed by atoms with Crippen LogP contribution < -0.4 is 9.64 Å². The fourth-order valence-corrected chi connectivity index (χ4v) is 1.77. The summed E-state index contributed by atoms with van der Waals surface area (Å²) >= 11 is 0. The molecule has 6 heteroatoms. The third-order valence-corrected chi connectivity index (χ3v) is 3.00. The van der Waals surface area contributed by atoms with E-state index in [-0.39, 0.29) is 11.5 Å². The van der Waals surface area contributed by atoms with Crippen molar-refractivity contribution < 1.29 is 19.4 Å². The Morgan fingerprint density at radius 3 is 2.19 bits per heavy atom. The van der Waals surface area contributed by atoms with Crippen LogP contribution in [0.15, 0.2) is 42.6 Å². The standard InChI is InChI=1S/C15H14N2O4/c1-17(12-6-3-10(4-7-12)15(19)20)14(18)11-5-8-13(21-2)16-9-11/h3-9H,1-2H3,(H,19,20). The Bertz CT molecular complexity index is 650. The maximum atomic E-state index is 12.3. The summed E-state index contributed by atoms with van der Waals surface area (Å²) in [6.07, 6.45) is 1.43. The molecule has 1 heterocycles. The van der Waals surface area contributed by atoms with Gasteiger partial charge in [-0.3, -0.25) is 4.79 Å². The lowest BCUT2D eigenvalue weighted by Crippen LogP contribution is -2.26. The van der Waals surface area contributed by atoms with Crippen LogP contribution in [0.25, 0.3) is 0 Å². The molecular weight excluding hydrogens is 272 g/mol. The van der Waals surface area contributed by atoms with Gasteiger partial charge < -0.3 is 14.7 Å². The van der Waals surface area contributed by atoms with Gasteiger partial charge in [0.2, 0.25) is 5.88 Å². The van der Waals surface area contributed by atoms with Crippen LogP contribution in [-0.4, -0.2) is 36.1 Å². The number of rotatable bonds is 4. The number of nitrogens with zero attached hydrogens (tertiary/aromatic N) is 2. The molecule has 1 aromatic heterocycles. The number of methoxy groups -OCH3 is 1. The van der Waals surface area contributed by atoms with E-state index < -0.39 is 5.97 Å². The Morgan fingerprint density at radius 2 is 1.71 bits per heavy atom. The van der Waals surface area contributed by atoms with Gasteiger partial charge in [0.25, 0.3) is 5.91 Å². The van der Waals surface area contributed by atoms with Crippen LogP contribution in [0, 0.1) is 0 Å². The summed E-state index contributed by atoms with van der Waals surface area (Å²) in [5, 5.41) is 8.85. The minimum atomic E-state index is -1.00. The molecule has 2 aromatic rings. The van der Waals surface area contributed by atoms with Crippen molar-refractivity contribution in [2.45, 2.75) is 0 Å². The lowest BCUT2D eigenvalue weighted by Gasteiger charge is -2.17. The second-order valence-corrected chi connectivity index (χ2v) is 4.31. The van der Waals surface area contributed by atoms with E-state index in [0.717, 1.165) is 0 Å². The first-order chi connectivity index (χ1) is 10.0. The second-order valence-electron chi connectivity index (χ2n) is 4.31. The Hall–Kier alpha value is -2.89. The molecule has 0 radical (unpaired) electrons. The molecule has 108 valence electrons. The number of ether oxygens (including phenoxy) is 1. The van der Waals surface area contributed by atoms with E-state index in [1.807, 2.05) is 0 Å². The average Bonchev–Trinajstić information content (AvgIpc) is 2.53. The first kappa shape index (κ1) is 14.5. The summed E-state index contributed by atoms with van der Waals surface area (Å²) in [4.78, 5) is 28.5. The fraction of sp³-hybridized carbons (Fsp3) is 0.133. The van der Waals surface area contributed by atoms with Gasteiger partial charge in [-0.2, -0.15) is 0 Å². The molecule has 1 aromatic carbocycles. The largest absolute Gasteiger partial charge is 0.481 e. The van der Waals surface area contributed by atoms with Gasteiger partial charge in [0.1, 0.15) is 0 Å². The number of hydrogen-bond donors (Lipinski definition) is 1. The molecule has 0 aliphatic carbocycles. The normalized spacial score (nSPS) is 10.0. The van der Waals surface area contributed by atoms with Gasteiger partial charge in [0.05, 0.1) is 18.2 Å². The molecule has 0 aliphatic heterocycles. The summed E-state index contributed by atoms with van der Waals surface area (Å²) in [5.41, 5.74) is 1.19. The van der Waals surface area contributed by atoms with Crippen LogP contribution in [0.2, 0.25) is 0 Å². The number of aromatic carboxylic acids is 1. The number of aromatic nitrogens is 1. The van der Waals surface area contributed by atoms with Crippen LogP contribution in [0.1, 0.15) is 20.7 Å². The number of pyridine rings is 1. The Balaban J connectivity index is 2.19. The number of hydrogen-bond acceptors (Lipinski definition) is 4. The average molecular weight is 286 g/mol. The van der Waals surface area contributed by atoms with E-state index in [0.29, 0.717) is 17.1 Å². The van der Waals surface area contributed by atoms with Crippen molar-refractivity contribution >= 4 is 17.6 Å². The maximum Gasteiger partial charge on any atom is 0.335 e. The summed E-state index contributed by atoms with van der Waals surface area (Å²) in [6.45, 7) is 0. The minimum absolute atomic E-state index is 0.172. The predicted octanol–water partition coefficient (Wildman–Crippen LogP) is 2.06. The Kier molecular flexibility index (Phi) is 4.18. The number of carbonyl (C=O) groups is 2. The van der Waals surface area contributed by atoms with Crippen molar-refractivity contribution in [3.05, 3.63) is 53.7 Å². The molecule has 0 spiro atoms. The summed E-state index contributed by atoms with van der Waals surface area (Å²) < 4.78 is 4.94. The molecule has 0 unspecified atom stereocenters. The summed E-state index contributed by atoms with van der Waals surface area (Å²) in [6, 6.07) is 9.29. The van der Waals surface area contributed by atoms with E-state index in [9.17, 15) is 9.59 Å². The number of benzene rings is 1. The van der Waals surface area contributed by atoms with E-state index in [1.54, 1.807) is 31.3 Å². The molecule has 0 aliphatic rings. The lowest BCUT2D eigenvalue weighted by atomic mass is 10.2. The van der Waals surface area contributed by atoms with Crippen molar-refractivity contribution in [1.82, 2.24) is 4.98 Å². The highest BCUT2D eigenvalue weighted by atomic mass is 16.5. The molecule has 0 atom stereocenters. The van der Waals surface area contributed by atoms with Gasteiger partial charge in [-0.25, -0.2) is 9.78 Å². The van der Waals surface area contributed by atoms with Crippen LogP contribution in [-0.2, 0) is 0 Å². The van der Waals surface area contributed by atoms with Crippen LogP contribution in [0.4, 0.5) is 5.69 Å². The van der Waals surface area contributed by atoms with Crippen LogP contribution in [0.5, 0.6) is 5.88 Å². The van der Waals surface area contributed by atoms with Gasteiger partial charge >= 0.3 is 5.97 Å². The third kappa shape index (κ3) is 3.17. The number of anilines is 1. The number of carboxylic acids is 1. The molecule has 21 heavy (non-hydrogen) atoms. The molecule has 0 saturated carbocycles. The smallest absolute Gasteiger partial charge is 0.335 e.